The fraction of sp³-hybridized carbons (Fsp3) is 0.375. The van der Waals surface area contributed by atoms with Gasteiger partial charge in [0, 0.05) is 31.5 Å². The fourth-order valence-corrected chi connectivity index (χ4v) is 4.17. The zero-order chi connectivity index (χ0) is 23.1. The molecule has 0 aliphatic rings. The normalized spacial score (nSPS) is 11.5. The van der Waals surface area contributed by atoms with Crippen LogP contribution in [-0.4, -0.2) is 40.1 Å². The standard InChI is InChI=1S/C24H29ClN4O2S/c1-24(2,3)17-10-12-18(13-11-17)26-21(30)16-32-23-28-27-22(29(23)14-7-15-31-4)19-8-5-6-9-20(19)25/h5-6,8-13H,7,14-16H2,1-4H3,(H,26,30). The molecular weight excluding hydrogens is 444 g/mol. The Bertz CT molecular complexity index is 1040. The molecule has 3 rings (SSSR count). The smallest absolute Gasteiger partial charge is 0.234 e. The first kappa shape index (κ1) is 24.3. The molecule has 0 fully saturated rings. The highest BCUT2D eigenvalue weighted by Gasteiger charge is 2.18. The number of hydrogen-bond acceptors (Lipinski definition) is 5. The fourth-order valence-electron chi connectivity index (χ4n) is 3.19. The molecule has 1 amide bonds. The molecule has 2 aromatic carbocycles. The quantitative estimate of drug-likeness (QED) is 0.321. The summed E-state index contributed by atoms with van der Waals surface area (Å²) in [5.74, 6) is 0.822. The first-order valence-electron chi connectivity index (χ1n) is 10.5. The summed E-state index contributed by atoms with van der Waals surface area (Å²) in [4.78, 5) is 12.5. The number of ether oxygens (including phenoxy) is 1. The molecule has 0 saturated carbocycles. The molecule has 32 heavy (non-hydrogen) atoms. The Morgan fingerprint density at radius 2 is 1.84 bits per heavy atom. The lowest BCUT2D eigenvalue weighted by Gasteiger charge is -2.19. The molecule has 0 saturated heterocycles. The van der Waals surface area contributed by atoms with Gasteiger partial charge in [-0.15, -0.1) is 10.2 Å². The van der Waals surface area contributed by atoms with Gasteiger partial charge in [0.25, 0.3) is 0 Å². The molecule has 8 heteroatoms. The monoisotopic (exact) mass is 472 g/mol. The lowest BCUT2D eigenvalue weighted by molar-refractivity contribution is -0.113. The maximum Gasteiger partial charge on any atom is 0.234 e. The molecule has 6 nitrogen and oxygen atoms in total. The SMILES string of the molecule is COCCCn1c(SCC(=O)Nc2ccc(C(C)(C)C)cc2)nnc1-c1ccccc1Cl. The van der Waals surface area contributed by atoms with Crippen molar-refractivity contribution in [2.24, 2.45) is 0 Å². The number of rotatable bonds is 9. The van der Waals surface area contributed by atoms with Crippen molar-refractivity contribution in [2.75, 3.05) is 24.8 Å². The van der Waals surface area contributed by atoms with Crippen LogP contribution in [0.25, 0.3) is 11.4 Å². The van der Waals surface area contributed by atoms with Crippen LogP contribution in [0.2, 0.25) is 5.02 Å². The summed E-state index contributed by atoms with van der Waals surface area (Å²) in [5, 5.41) is 12.9. The van der Waals surface area contributed by atoms with E-state index in [1.807, 2.05) is 53.1 Å². The van der Waals surface area contributed by atoms with E-state index in [1.165, 1.54) is 17.3 Å². The molecular formula is C24H29ClN4O2S. The van der Waals surface area contributed by atoms with Crippen molar-refractivity contribution < 1.29 is 9.53 Å². The van der Waals surface area contributed by atoms with Crippen LogP contribution in [0.3, 0.4) is 0 Å². The van der Waals surface area contributed by atoms with Crippen LogP contribution in [-0.2, 0) is 21.5 Å². The average molecular weight is 473 g/mol. The summed E-state index contributed by atoms with van der Waals surface area (Å²) in [7, 11) is 1.68. The molecule has 1 aromatic heterocycles. The van der Waals surface area contributed by atoms with E-state index < -0.39 is 0 Å². The number of benzene rings is 2. The predicted octanol–water partition coefficient (Wildman–Crippen LogP) is 5.66. The van der Waals surface area contributed by atoms with E-state index in [2.05, 4.69) is 36.3 Å². The van der Waals surface area contributed by atoms with Crippen molar-refractivity contribution >= 4 is 35.0 Å². The molecule has 1 N–H and O–H groups in total. The minimum Gasteiger partial charge on any atom is -0.385 e. The summed E-state index contributed by atoms with van der Waals surface area (Å²) in [6, 6.07) is 15.5. The maximum atomic E-state index is 12.5. The van der Waals surface area contributed by atoms with Gasteiger partial charge in [-0.3, -0.25) is 4.79 Å². The Labute approximate surface area is 198 Å². The number of hydrogen-bond donors (Lipinski definition) is 1. The third kappa shape index (κ3) is 6.34. The van der Waals surface area contributed by atoms with Crippen LogP contribution in [0.4, 0.5) is 5.69 Å². The number of nitrogens with zero attached hydrogens (tertiary/aromatic N) is 3. The Morgan fingerprint density at radius 3 is 2.50 bits per heavy atom. The van der Waals surface area contributed by atoms with Gasteiger partial charge in [-0.25, -0.2) is 0 Å². The van der Waals surface area contributed by atoms with Gasteiger partial charge >= 0.3 is 0 Å². The molecule has 1 heterocycles. The van der Waals surface area contributed by atoms with E-state index in [-0.39, 0.29) is 17.1 Å². The summed E-state index contributed by atoms with van der Waals surface area (Å²) in [5.41, 5.74) is 2.89. The number of halogens is 1. The van der Waals surface area contributed by atoms with E-state index in [1.54, 1.807) is 7.11 Å². The van der Waals surface area contributed by atoms with Crippen LogP contribution < -0.4 is 5.32 Å². The highest BCUT2D eigenvalue weighted by Crippen LogP contribution is 2.29. The third-order valence-corrected chi connectivity index (χ3v) is 6.23. The van der Waals surface area contributed by atoms with Crippen molar-refractivity contribution in [3.05, 3.63) is 59.1 Å². The van der Waals surface area contributed by atoms with Crippen LogP contribution in [0, 0.1) is 0 Å². The van der Waals surface area contributed by atoms with Crippen molar-refractivity contribution in [3.63, 3.8) is 0 Å². The molecule has 0 bridgehead atoms. The number of carbonyl (C=O) groups excluding carboxylic acids is 1. The molecule has 0 aliphatic heterocycles. The topological polar surface area (TPSA) is 69.0 Å². The Balaban J connectivity index is 1.69. The summed E-state index contributed by atoms with van der Waals surface area (Å²) in [6.45, 7) is 7.78. The van der Waals surface area contributed by atoms with Crippen molar-refractivity contribution in [3.8, 4) is 11.4 Å². The first-order chi connectivity index (χ1) is 15.3. The highest BCUT2D eigenvalue weighted by atomic mass is 35.5. The molecule has 0 radical (unpaired) electrons. The molecule has 0 spiro atoms. The molecule has 0 atom stereocenters. The van der Waals surface area contributed by atoms with Crippen LogP contribution in [0.1, 0.15) is 32.8 Å². The second kappa shape index (κ2) is 11.0. The van der Waals surface area contributed by atoms with Gasteiger partial charge in [0.05, 0.1) is 10.8 Å². The van der Waals surface area contributed by atoms with E-state index in [9.17, 15) is 4.79 Å². The highest BCUT2D eigenvalue weighted by molar-refractivity contribution is 7.99. The number of nitrogens with one attached hydrogen (secondary N) is 1. The van der Waals surface area contributed by atoms with Gasteiger partial charge in [-0.1, -0.05) is 68.4 Å². The van der Waals surface area contributed by atoms with Gasteiger partial charge < -0.3 is 14.6 Å². The van der Waals surface area contributed by atoms with Crippen LogP contribution >= 0.6 is 23.4 Å². The van der Waals surface area contributed by atoms with Crippen molar-refractivity contribution in [1.29, 1.82) is 0 Å². The lowest BCUT2D eigenvalue weighted by Crippen LogP contribution is -2.15. The number of anilines is 1. The minimum absolute atomic E-state index is 0.0740. The molecule has 3 aromatic rings. The Morgan fingerprint density at radius 1 is 1.12 bits per heavy atom. The van der Waals surface area contributed by atoms with Gasteiger partial charge in [0.2, 0.25) is 5.91 Å². The van der Waals surface area contributed by atoms with Gasteiger partial charge in [0.1, 0.15) is 0 Å². The van der Waals surface area contributed by atoms with Crippen LogP contribution in [0.5, 0.6) is 0 Å². The molecule has 0 unspecified atom stereocenters. The number of thioether (sulfide) groups is 1. The van der Waals surface area contributed by atoms with E-state index in [0.29, 0.717) is 29.2 Å². The second-order valence-electron chi connectivity index (χ2n) is 8.45. The average Bonchev–Trinajstić information content (AvgIpc) is 3.15. The van der Waals surface area contributed by atoms with Crippen LogP contribution in [0.15, 0.2) is 53.7 Å². The summed E-state index contributed by atoms with van der Waals surface area (Å²) < 4.78 is 7.19. The Hall–Kier alpha value is -2.35. The van der Waals surface area contributed by atoms with E-state index in [4.69, 9.17) is 16.3 Å². The van der Waals surface area contributed by atoms with E-state index >= 15 is 0 Å². The van der Waals surface area contributed by atoms with Gasteiger partial charge in [-0.2, -0.15) is 0 Å². The molecule has 170 valence electrons. The van der Waals surface area contributed by atoms with Crippen molar-refractivity contribution in [1.82, 2.24) is 14.8 Å². The van der Waals surface area contributed by atoms with Gasteiger partial charge in [0.15, 0.2) is 11.0 Å². The largest absolute Gasteiger partial charge is 0.385 e. The number of amides is 1. The predicted molar refractivity (Wildman–Crippen MR) is 131 cm³/mol. The maximum absolute atomic E-state index is 12.5. The number of methoxy groups -OCH3 is 1. The third-order valence-electron chi connectivity index (χ3n) is 4.93. The molecule has 0 aliphatic carbocycles. The summed E-state index contributed by atoms with van der Waals surface area (Å²) >= 11 is 7.74. The lowest BCUT2D eigenvalue weighted by atomic mass is 9.87. The Kier molecular flexibility index (Phi) is 8.34. The minimum atomic E-state index is -0.0933. The summed E-state index contributed by atoms with van der Waals surface area (Å²) in [6.07, 6.45) is 0.797. The number of aromatic nitrogens is 3. The van der Waals surface area contributed by atoms with Crippen molar-refractivity contribution in [2.45, 2.75) is 44.3 Å². The zero-order valence-electron chi connectivity index (χ0n) is 18.9. The second-order valence-corrected chi connectivity index (χ2v) is 9.80. The van der Waals surface area contributed by atoms with Gasteiger partial charge in [-0.05, 0) is 41.7 Å². The van der Waals surface area contributed by atoms with E-state index in [0.717, 1.165) is 17.7 Å². The zero-order valence-corrected chi connectivity index (χ0v) is 20.5. The first-order valence-corrected chi connectivity index (χ1v) is 11.9. The number of carbonyl (C=O) groups is 1.